The number of nitrogens with zero attached hydrogens (tertiary/aromatic N) is 1. The molecule has 110 valence electrons. The smallest absolute Gasteiger partial charge is 0.311 e. The number of rotatable bonds is 4. The second kappa shape index (κ2) is 5.80. The van der Waals surface area contributed by atoms with Gasteiger partial charge in [0.05, 0.1) is 12.5 Å². The molecule has 1 saturated heterocycles. The van der Waals surface area contributed by atoms with Gasteiger partial charge < -0.3 is 15.4 Å². The lowest BCUT2D eigenvalue weighted by atomic mass is 9.78. The number of hydrogen-bond acceptors (Lipinski definition) is 4. The molecule has 2 rings (SSSR count). The van der Waals surface area contributed by atoms with Crippen molar-refractivity contribution in [2.75, 3.05) is 26.7 Å². The molecule has 0 amide bonds. The molecule has 2 aliphatic rings. The van der Waals surface area contributed by atoms with Crippen molar-refractivity contribution in [2.45, 2.75) is 45.6 Å². The van der Waals surface area contributed by atoms with Gasteiger partial charge in [-0.15, -0.1) is 0 Å². The van der Waals surface area contributed by atoms with Crippen LogP contribution < -0.4 is 5.73 Å². The Bertz CT molecular complexity index is 330. The maximum Gasteiger partial charge on any atom is 0.311 e. The van der Waals surface area contributed by atoms with Gasteiger partial charge in [0.25, 0.3) is 0 Å². The van der Waals surface area contributed by atoms with E-state index in [1.54, 1.807) is 0 Å². The summed E-state index contributed by atoms with van der Waals surface area (Å²) in [5, 5.41) is 0. The maximum absolute atomic E-state index is 11.7. The molecule has 1 aliphatic carbocycles. The quantitative estimate of drug-likeness (QED) is 0.788. The summed E-state index contributed by atoms with van der Waals surface area (Å²) in [6.45, 7) is 7.18. The predicted octanol–water partition coefficient (Wildman–Crippen LogP) is 1.63. The molecule has 1 saturated carbocycles. The van der Waals surface area contributed by atoms with Crippen LogP contribution in [0.4, 0.5) is 0 Å². The summed E-state index contributed by atoms with van der Waals surface area (Å²) in [6, 6.07) is 0.386. The number of esters is 1. The third-order valence-corrected chi connectivity index (χ3v) is 5.02. The Morgan fingerprint density at radius 3 is 2.74 bits per heavy atom. The van der Waals surface area contributed by atoms with E-state index in [4.69, 9.17) is 10.5 Å². The lowest BCUT2D eigenvalue weighted by Crippen LogP contribution is -2.38. The molecule has 0 radical (unpaired) electrons. The summed E-state index contributed by atoms with van der Waals surface area (Å²) < 4.78 is 4.86. The van der Waals surface area contributed by atoms with Gasteiger partial charge in [-0.05, 0) is 51.5 Å². The maximum atomic E-state index is 11.7. The van der Waals surface area contributed by atoms with Gasteiger partial charge in [0.2, 0.25) is 0 Å². The number of hydrogen-bond donors (Lipinski definition) is 1. The van der Waals surface area contributed by atoms with Gasteiger partial charge in [-0.3, -0.25) is 4.79 Å². The van der Waals surface area contributed by atoms with Gasteiger partial charge in [-0.25, -0.2) is 0 Å². The topological polar surface area (TPSA) is 55.6 Å². The van der Waals surface area contributed by atoms with Crippen LogP contribution in [0.1, 0.15) is 39.5 Å². The van der Waals surface area contributed by atoms with E-state index < -0.39 is 0 Å². The highest BCUT2D eigenvalue weighted by atomic mass is 16.5. The van der Waals surface area contributed by atoms with Crippen molar-refractivity contribution in [1.29, 1.82) is 0 Å². The minimum atomic E-state index is -0.384. The van der Waals surface area contributed by atoms with Gasteiger partial charge in [-0.1, -0.05) is 6.42 Å². The van der Waals surface area contributed by atoms with Crippen molar-refractivity contribution in [1.82, 2.24) is 4.90 Å². The third kappa shape index (κ3) is 3.29. The Morgan fingerprint density at radius 2 is 2.11 bits per heavy atom. The Hall–Kier alpha value is -0.610. The zero-order chi connectivity index (χ0) is 14.0. The van der Waals surface area contributed by atoms with Crippen molar-refractivity contribution in [3.8, 4) is 0 Å². The molecule has 0 aromatic heterocycles. The number of likely N-dealkylation sites (tertiary alicyclic amines) is 1. The number of fused-ring (bicyclic) bond motifs is 1. The lowest BCUT2D eigenvalue weighted by molar-refractivity contribution is -0.151. The molecule has 0 spiro atoms. The van der Waals surface area contributed by atoms with Crippen LogP contribution in [-0.4, -0.2) is 43.7 Å². The Labute approximate surface area is 116 Å². The SMILES string of the molecule is COC(=O)C(C)(C)CCN1CC2CCCC(N)C2C1. The zero-order valence-corrected chi connectivity index (χ0v) is 12.5. The lowest BCUT2D eigenvalue weighted by Gasteiger charge is -2.30. The van der Waals surface area contributed by atoms with E-state index in [2.05, 4.69) is 4.90 Å². The molecule has 19 heavy (non-hydrogen) atoms. The number of nitrogens with two attached hydrogens (primary N) is 1. The molecule has 0 bridgehead atoms. The summed E-state index contributed by atoms with van der Waals surface area (Å²) in [5.41, 5.74) is 5.85. The minimum Gasteiger partial charge on any atom is -0.469 e. The van der Waals surface area contributed by atoms with Crippen molar-refractivity contribution < 1.29 is 9.53 Å². The van der Waals surface area contributed by atoms with E-state index in [0.717, 1.165) is 32.0 Å². The average molecular weight is 268 g/mol. The molecule has 0 aromatic rings. The number of carbonyl (C=O) groups is 1. The Balaban J connectivity index is 1.83. The monoisotopic (exact) mass is 268 g/mol. The molecule has 1 heterocycles. The summed E-state index contributed by atoms with van der Waals surface area (Å²) in [5.74, 6) is 1.35. The van der Waals surface area contributed by atoms with E-state index in [-0.39, 0.29) is 11.4 Å². The fraction of sp³-hybridized carbons (Fsp3) is 0.933. The van der Waals surface area contributed by atoms with E-state index in [0.29, 0.717) is 12.0 Å². The van der Waals surface area contributed by atoms with E-state index in [1.807, 2.05) is 13.8 Å². The summed E-state index contributed by atoms with van der Waals surface area (Å²) in [6.07, 6.45) is 4.65. The van der Waals surface area contributed by atoms with E-state index in [9.17, 15) is 4.79 Å². The highest BCUT2D eigenvalue weighted by molar-refractivity contribution is 5.75. The molecule has 2 fully saturated rings. The van der Waals surface area contributed by atoms with Crippen LogP contribution in [0.3, 0.4) is 0 Å². The number of ether oxygens (including phenoxy) is 1. The largest absolute Gasteiger partial charge is 0.469 e. The number of methoxy groups -OCH3 is 1. The highest BCUT2D eigenvalue weighted by Crippen LogP contribution is 2.36. The fourth-order valence-corrected chi connectivity index (χ4v) is 3.61. The summed E-state index contributed by atoms with van der Waals surface area (Å²) >= 11 is 0. The van der Waals surface area contributed by atoms with Crippen LogP contribution in [0.5, 0.6) is 0 Å². The summed E-state index contributed by atoms with van der Waals surface area (Å²) in [4.78, 5) is 14.2. The molecular formula is C15H28N2O2. The molecule has 0 aromatic carbocycles. The second-order valence-electron chi connectivity index (χ2n) is 6.90. The highest BCUT2D eigenvalue weighted by Gasteiger charge is 2.39. The van der Waals surface area contributed by atoms with Gasteiger partial charge in [0, 0.05) is 19.1 Å². The normalized spacial score (nSPS) is 32.1. The van der Waals surface area contributed by atoms with Crippen molar-refractivity contribution in [3.05, 3.63) is 0 Å². The van der Waals surface area contributed by atoms with Crippen LogP contribution in [0.15, 0.2) is 0 Å². The van der Waals surface area contributed by atoms with Gasteiger partial charge >= 0.3 is 5.97 Å². The van der Waals surface area contributed by atoms with Crippen LogP contribution in [-0.2, 0) is 9.53 Å². The second-order valence-corrected chi connectivity index (χ2v) is 6.90. The van der Waals surface area contributed by atoms with Crippen LogP contribution in [0, 0.1) is 17.3 Å². The van der Waals surface area contributed by atoms with Gasteiger partial charge in [0.1, 0.15) is 0 Å². The Kier molecular flexibility index (Phi) is 4.51. The van der Waals surface area contributed by atoms with Crippen LogP contribution in [0.2, 0.25) is 0 Å². The molecule has 3 unspecified atom stereocenters. The molecule has 4 nitrogen and oxygen atoms in total. The number of carbonyl (C=O) groups excluding carboxylic acids is 1. The molecule has 3 atom stereocenters. The molecule has 1 aliphatic heterocycles. The van der Waals surface area contributed by atoms with Crippen molar-refractivity contribution in [2.24, 2.45) is 23.0 Å². The minimum absolute atomic E-state index is 0.110. The summed E-state index contributed by atoms with van der Waals surface area (Å²) in [7, 11) is 1.47. The first-order chi connectivity index (χ1) is 8.94. The van der Waals surface area contributed by atoms with Crippen LogP contribution >= 0.6 is 0 Å². The van der Waals surface area contributed by atoms with E-state index in [1.165, 1.54) is 26.4 Å². The van der Waals surface area contributed by atoms with Crippen molar-refractivity contribution >= 4 is 5.97 Å². The molecule has 2 N–H and O–H groups in total. The van der Waals surface area contributed by atoms with Gasteiger partial charge in [0.15, 0.2) is 0 Å². The standard InChI is InChI=1S/C15H28N2O2/c1-15(2,14(18)19-3)7-8-17-9-11-5-4-6-13(16)12(11)10-17/h11-13H,4-10,16H2,1-3H3. The average Bonchev–Trinajstić information content (AvgIpc) is 2.80. The molecule has 4 heteroatoms. The zero-order valence-electron chi connectivity index (χ0n) is 12.5. The van der Waals surface area contributed by atoms with Crippen LogP contribution in [0.25, 0.3) is 0 Å². The first kappa shape index (κ1) is 14.8. The third-order valence-electron chi connectivity index (χ3n) is 5.02. The predicted molar refractivity (Wildman–Crippen MR) is 75.7 cm³/mol. The van der Waals surface area contributed by atoms with E-state index >= 15 is 0 Å². The van der Waals surface area contributed by atoms with Gasteiger partial charge in [-0.2, -0.15) is 0 Å². The first-order valence-electron chi connectivity index (χ1n) is 7.50. The first-order valence-corrected chi connectivity index (χ1v) is 7.50. The van der Waals surface area contributed by atoms with Crippen molar-refractivity contribution in [3.63, 3.8) is 0 Å². The molecular weight excluding hydrogens is 240 g/mol. The Morgan fingerprint density at radius 1 is 1.37 bits per heavy atom. The fourth-order valence-electron chi connectivity index (χ4n) is 3.61.